The summed E-state index contributed by atoms with van der Waals surface area (Å²) in [7, 11) is 0. The number of carboxylic acids is 2. The van der Waals surface area contributed by atoms with Gasteiger partial charge >= 0.3 is 11.9 Å². The fraction of sp³-hybridized carbons (Fsp3) is 0.308. The van der Waals surface area contributed by atoms with Crippen molar-refractivity contribution in [1.29, 1.82) is 0 Å². The average molecular weight is 265 g/mol. The Morgan fingerprint density at radius 2 is 1.37 bits per heavy atom. The monoisotopic (exact) mass is 265 g/mol. The number of carboxylic acid groups (broad SMARTS) is 2. The molecule has 0 aliphatic carbocycles. The van der Waals surface area contributed by atoms with E-state index in [1.165, 1.54) is 4.90 Å². The largest absolute Gasteiger partial charge is 0.481 e. The number of aliphatic carboxylic acids is 2. The molecule has 0 radical (unpaired) electrons. The van der Waals surface area contributed by atoms with Crippen LogP contribution in [0.4, 0.5) is 0 Å². The van der Waals surface area contributed by atoms with Crippen LogP contribution in [0.5, 0.6) is 0 Å². The number of carbonyl (C=O) groups is 3. The molecule has 1 amide bonds. The van der Waals surface area contributed by atoms with Crippen molar-refractivity contribution in [3.05, 3.63) is 35.9 Å². The van der Waals surface area contributed by atoms with Crippen LogP contribution in [-0.4, -0.2) is 46.0 Å². The van der Waals surface area contributed by atoms with Crippen molar-refractivity contribution in [2.75, 3.05) is 13.1 Å². The number of hydrogen-bond donors (Lipinski definition) is 2. The summed E-state index contributed by atoms with van der Waals surface area (Å²) < 4.78 is 0. The van der Waals surface area contributed by atoms with E-state index in [1.54, 1.807) is 30.3 Å². The molecule has 0 aromatic heterocycles. The second-order valence-corrected chi connectivity index (χ2v) is 3.95. The third kappa shape index (κ3) is 5.20. The average Bonchev–Trinajstić information content (AvgIpc) is 2.38. The third-order valence-electron chi connectivity index (χ3n) is 2.50. The zero-order chi connectivity index (χ0) is 14.3. The van der Waals surface area contributed by atoms with E-state index in [2.05, 4.69) is 0 Å². The predicted molar refractivity (Wildman–Crippen MR) is 66.9 cm³/mol. The molecule has 19 heavy (non-hydrogen) atoms. The van der Waals surface area contributed by atoms with E-state index in [0.29, 0.717) is 5.56 Å². The Morgan fingerprint density at radius 3 is 1.79 bits per heavy atom. The minimum atomic E-state index is -1.03. The molecule has 0 aliphatic heterocycles. The molecule has 1 aromatic rings. The molecular weight excluding hydrogens is 250 g/mol. The van der Waals surface area contributed by atoms with Crippen LogP contribution in [0.1, 0.15) is 23.2 Å². The van der Waals surface area contributed by atoms with E-state index in [0.717, 1.165) is 0 Å². The summed E-state index contributed by atoms with van der Waals surface area (Å²) in [6, 6.07) is 8.36. The zero-order valence-corrected chi connectivity index (χ0v) is 10.3. The molecule has 102 valence electrons. The first-order valence-corrected chi connectivity index (χ1v) is 5.78. The van der Waals surface area contributed by atoms with E-state index >= 15 is 0 Å². The Balaban J connectivity index is 2.73. The van der Waals surface area contributed by atoms with Crippen LogP contribution in [0.2, 0.25) is 0 Å². The number of nitrogens with zero attached hydrogens (tertiary/aromatic N) is 1. The van der Waals surface area contributed by atoms with Crippen molar-refractivity contribution < 1.29 is 24.6 Å². The molecule has 0 aliphatic rings. The van der Waals surface area contributed by atoms with Gasteiger partial charge in [0.05, 0.1) is 12.8 Å². The number of benzene rings is 1. The molecule has 0 heterocycles. The lowest BCUT2D eigenvalue weighted by molar-refractivity contribution is -0.137. The molecule has 0 saturated carbocycles. The fourth-order valence-corrected chi connectivity index (χ4v) is 1.54. The third-order valence-corrected chi connectivity index (χ3v) is 2.50. The van der Waals surface area contributed by atoms with Gasteiger partial charge in [-0.25, -0.2) is 0 Å². The summed E-state index contributed by atoms with van der Waals surface area (Å²) in [5.41, 5.74) is 0.415. The number of hydrogen-bond acceptors (Lipinski definition) is 3. The predicted octanol–water partition coefficient (Wildman–Crippen LogP) is 1.08. The van der Waals surface area contributed by atoms with Gasteiger partial charge in [0.1, 0.15) is 0 Å². The Morgan fingerprint density at radius 1 is 0.895 bits per heavy atom. The van der Waals surface area contributed by atoms with E-state index in [4.69, 9.17) is 10.2 Å². The minimum absolute atomic E-state index is 0.00363. The summed E-state index contributed by atoms with van der Waals surface area (Å²) in [4.78, 5) is 34.5. The van der Waals surface area contributed by atoms with Crippen LogP contribution in [-0.2, 0) is 9.59 Å². The van der Waals surface area contributed by atoms with Crippen LogP contribution >= 0.6 is 0 Å². The topological polar surface area (TPSA) is 94.9 Å². The molecule has 1 rings (SSSR count). The van der Waals surface area contributed by atoms with Crippen LogP contribution in [0, 0.1) is 0 Å². The van der Waals surface area contributed by atoms with Gasteiger partial charge < -0.3 is 15.1 Å². The van der Waals surface area contributed by atoms with Gasteiger partial charge in [-0.1, -0.05) is 18.2 Å². The molecule has 6 nitrogen and oxygen atoms in total. The lowest BCUT2D eigenvalue weighted by Gasteiger charge is -2.21. The van der Waals surface area contributed by atoms with Gasteiger partial charge in [0, 0.05) is 18.7 Å². The summed E-state index contributed by atoms with van der Waals surface area (Å²) in [5.74, 6) is -2.41. The van der Waals surface area contributed by atoms with E-state index in [-0.39, 0.29) is 31.8 Å². The standard InChI is InChI=1S/C13H15NO5/c15-11(16)6-8-14(9-7-12(17)18)13(19)10-4-2-1-3-5-10/h1-5H,6-9H2,(H,15,16)(H,17,18). The first kappa shape index (κ1) is 14.7. The van der Waals surface area contributed by atoms with Crippen molar-refractivity contribution in [2.24, 2.45) is 0 Å². The van der Waals surface area contributed by atoms with Gasteiger partial charge in [-0.15, -0.1) is 0 Å². The lowest BCUT2D eigenvalue weighted by Crippen LogP contribution is -2.34. The highest BCUT2D eigenvalue weighted by Crippen LogP contribution is 2.06. The minimum Gasteiger partial charge on any atom is -0.481 e. The molecule has 0 atom stereocenters. The summed E-state index contributed by atoms with van der Waals surface area (Å²) in [6.45, 7) is -0.00726. The van der Waals surface area contributed by atoms with Crippen molar-refractivity contribution in [2.45, 2.75) is 12.8 Å². The van der Waals surface area contributed by atoms with Gasteiger partial charge in [0.2, 0.25) is 0 Å². The molecule has 0 saturated heterocycles. The highest BCUT2D eigenvalue weighted by Gasteiger charge is 2.17. The van der Waals surface area contributed by atoms with Crippen LogP contribution < -0.4 is 0 Å². The Labute approximate surface area is 110 Å². The van der Waals surface area contributed by atoms with Crippen LogP contribution in [0.15, 0.2) is 30.3 Å². The Kier molecular flexibility index (Phi) is 5.53. The molecule has 0 fully saturated rings. The molecule has 0 bridgehead atoms. The van der Waals surface area contributed by atoms with Crippen molar-refractivity contribution in [1.82, 2.24) is 4.90 Å². The van der Waals surface area contributed by atoms with Crippen LogP contribution in [0.25, 0.3) is 0 Å². The van der Waals surface area contributed by atoms with Crippen LogP contribution in [0.3, 0.4) is 0 Å². The van der Waals surface area contributed by atoms with Gasteiger partial charge in [-0.2, -0.15) is 0 Å². The zero-order valence-electron chi connectivity index (χ0n) is 10.3. The molecule has 6 heteroatoms. The molecule has 2 N–H and O–H groups in total. The lowest BCUT2D eigenvalue weighted by atomic mass is 10.2. The second-order valence-electron chi connectivity index (χ2n) is 3.95. The van der Waals surface area contributed by atoms with E-state index in [1.807, 2.05) is 0 Å². The van der Waals surface area contributed by atoms with Crippen molar-refractivity contribution in [3.8, 4) is 0 Å². The van der Waals surface area contributed by atoms with Gasteiger partial charge in [0.15, 0.2) is 0 Å². The smallest absolute Gasteiger partial charge is 0.305 e. The molecule has 0 spiro atoms. The van der Waals surface area contributed by atoms with E-state index < -0.39 is 11.9 Å². The first-order chi connectivity index (χ1) is 9.00. The molecular formula is C13H15NO5. The maximum atomic E-state index is 12.1. The SMILES string of the molecule is O=C(O)CCN(CCC(=O)O)C(=O)c1ccccc1. The van der Waals surface area contributed by atoms with Crippen molar-refractivity contribution >= 4 is 17.8 Å². The van der Waals surface area contributed by atoms with Gasteiger partial charge in [-0.05, 0) is 12.1 Å². The molecule has 0 unspecified atom stereocenters. The van der Waals surface area contributed by atoms with E-state index in [9.17, 15) is 14.4 Å². The van der Waals surface area contributed by atoms with Crippen molar-refractivity contribution in [3.63, 3.8) is 0 Å². The Bertz CT molecular complexity index is 439. The molecule has 1 aromatic carbocycles. The Hall–Kier alpha value is -2.37. The fourth-order valence-electron chi connectivity index (χ4n) is 1.54. The second kappa shape index (κ2) is 7.15. The van der Waals surface area contributed by atoms with Gasteiger partial charge in [0.25, 0.3) is 5.91 Å². The van der Waals surface area contributed by atoms with Gasteiger partial charge in [-0.3, -0.25) is 14.4 Å². The quantitative estimate of drug-likeness (QED) is 0.769. The summed E-state index contributed by atoms with van der Waals surface area (Å²) in [6.07, 6.45) is -0.420. The maximum absolute atomic E-state index is 12.1. The summed E-state index contributed by atoms with van der Waals surface area (Å²) in [5, 5.41) is 17.3. The number of rotatable bonds is 7. The highest BCUT2D eigenvalue weighted by molar-refractivity contribution is 5.94. The maximum Gasteiger partial charge on any atom is 0.305 e. The summed E-state index contributed by atoms with van der Waals surface area (Å²) >= 11 is 0. The number of carbonyl (C=O) groups excluding carboxylic acids is 1. The first-order valence-electron chi connectivity index (χ1n) is 5.78. The normalized spacial score (nSPS) is 9.89. The number of amides is 1. The highest BCUT2D eigenvalue weighted by atomic mass is 16.4.